The molecule has 24 heavy (non-hydrogen) atoms. The first-order chi connectivity index (χ1) is 11.7. The van der Waals surface area contributed by atoms with Gasteiger partial charge in [-0.3, -0.25) is 10.1 Å². The highest BCUT2D eigenvalue weighted by atomic mass is 32.1. The number of benzene rings is 2. The number of rotatable bonds is 3. The predicted molar refractivity (Wildman–Crippen MR) is 95.3 cm³/mol. The number of aromatic nitrogens is 1. The van der Waals surface area contributed by atoms with Crippen LogP contribution in [0.2, 0.25) is 0 Å². The number of hydrogen-bond acceptors (Lipinski definition) is 5. The lowest BCUT2D eigenvalue weighted by Crippen LogP contribution is -2.21. The van der Waals surface area contributed by atoms with Gasteiger partial charge in [0.25, 0.3) is 5.91 Å². The van der Waals surface area contributed by atoms with Crippen molar-refractivity contribution in [3.05, 3.63) is 59.7 Å². The molecule has 0 saturated carbocycles. The highest BCUT2D eigenvalue weighted by molar-refractivity contribution is 7.22. The van der Waals surface area contributed by atoms with E-state index in [1.54, 1.807) is 0 Å². The van der Waals surface area contributed by atoms with Gasteiger partial charge in [0.15, 0.2) is 11.2 Å². The number of carbonyl (C=O) groups is 1. The maximum Gasteiger partial charge on any atom is 0.275 e. The summed E-state index contributed by atoms with van der Waals surface area (Å²) < 4.78 is 1.05. The van der Waals surface area contributed by atoms with E-state index in [4.69, 9.17) is 4.84 Å². The molecule has 0 spiro atoms. The average Bonchev–Trinajstić information content (AvgIpc) is 3.22. The Morgan fingerprint density at radius 1 is 1.25 bits per heavy atom. The first-order valence-corrected chi connectivity index (χ1v) is 8.47. The molecule has 1 aromatic heterocycles. The number of aryl methyl sites for hydroxylation is 1. The molecule has 0 bridgehead atoms. The van der Waals surface area contributed by atoms with Crippen molar-refractivity contribution in [2.45, 2.75) is 19.4 Å². The highest BCUT2D eigenvalue weighted by Crippen LogP contribution is 2.29. The molecule has 0 aliphatic carbocycles. The van der Waals surface area contributed by atoms with E-state index in [0.29, 0.717) is 17.3 Å². The summed E-state index contributed by atoms with van der Waals surface area (Å²) >= 11 is 1.46. The smallest absolute Gasteiger partial charge is 0.275 e. The van der Waals surface area contributed by atoms with Gasteiger partial charge in [0.1, 0.15) is 5.71 Å². The number of nitrogens with zero attached hydrogens (tertiary/aromatic N) is 2. The minimum atomic E-state index is -0.260. The molecule has 1 amide bonds. The zero-order valence-corrected chi connectivity index (χ0v) is 13.8. The number of hydrogen-bond donors (Lipinski definition) is 1. The second-order valence-electron chi connectivity index (χ2n) is 5.69. The first kappa shape index (κ1) is 14.8. The number of fused-ring (bicyclic) bond motifs is 1. The van der Waals surface area contributed by atoms with Crippen molar-refractivity contribution in [1.29, 1.82) is 0 Å². The summed E-state index contributed by atoms with van der Waals surface area (Å²) in [5.41, 5.74) is 3.45. The van der Waals surface area contributed by atoms with Crippen LogP contribution < -0.4 is 5.32 Å². The van der Waals surface area contributed by atoms with Crippen LogP contribution in [0.3, 0.4) is 0 Å². The lowest BCUT2D eigenvalue weighted by atomic mass is 10.0. The van der Waals surface area contributed by atoms with Gasteiger partial charge in [-0.15, -0.1) is 0 Å². The Bertz CT molecular complexity index is 934. The van der Waals surface area contributed by atoms with Gasteiger partial charge in [0, 0.05) is 6.42 Å². The second-order valence-corrected chi connectivity index (χ2v) is 6.72. The van der Waals surface area contributed by atoms with Gasteiger partial charge in [0.05, 0.1) is 10.2 Å². The molecule has 2 heterocycles. The topological polar surface area (TPSA) is 63.6 Å². The molecular formula is C18H15N3O2S. The molecule has 1 aliphatic rings. The summed E-state index contributed by atoms with van der Waals surface area (Å²) in [5, 5.41) is 7.34. The van der Waals surface area contributed by atoms with Crippen molar-refractivity contribution >= 4 is 38.3 Å². The van der Waals surface area contributed by atoms with E-state index >= 15 is 0 Å². The standard InChI is InChI=1S/C18H15N3O2S/c1-11-7-8-13-16(9-11)24-18(19-13)20-17(22)14-10-15(23-21-14)12-5-3-2-4-6-12/h2-9,15H,10H2,1H3,(H,19,20,22). The van der Waals surface area contributed by atoms with Crippen molar-refractivity contribution in [3.63, 3.8) is 0 Å². The summed E-state index contributed by atoms with van der Waals surface area (Å²) in [7, 11) is 0. The van der Waals surface area contributed by atoms with Gasteiger partial charge in [-0.05, 0) is 30.2 Å². The summed E-state index contributed by atoms with van der Waals surface area (Å²) in [4.78, 5) is 22.2. The number of carbonyl (C=O) groups excluding carboxylic acids is 1. The lowest BCUT2D eigenvalue weighted by Gasteiger charge is -2.07. The Kier molecular flexibility index (Phi) is 3.74. The maximum atomic E-state index is 12.4. The largest absolute Gasteiger partial charge is 0.387 e. The van der Waals surface area contributed by atoms with E-state index in [2.05, 4.69) is 21.5 Å². The minimum Gasteiger partial charge on any atom is -0.387 e. The van der Waals surface area contributed by atoms with Crippen LogP contribution in [0.15, 0.2) is 53.7 Å². The van der Waals surface area contributed by atoms with Crippen LogP contribution in [0.5, 0.6) is 0 Å². The van der Waals surface area contributed by atoms with Gasteiger partial charge < -0.3 is 4.84 Å². The van der Waals surface area contributed by atoms with Crippen LogP contribution in [0.25, 0.3) is 10.2 Å². The van der Waals surface area contributed by atoms with E-state index in [1.165, 1.54) is 16.9 Å². The van der Waals surface area contributed by atoms with E-state index in [0.717, 1.165) is 15.8 Å². The van der Waals surface area contributed by atoms with Crippen LogP contribution >= 0.6 is 11.3 Å². The number of oxime groups is 1. The SMILES string of the molecule is Cc1ccc2nc(NC(=O)C3=NOC(c4ccccc4)C3)sc2c1. The zero-order valence-electron chi connectivity index (χ0n) is 13.0. The molecule has 0 saturated heterocycles. The van der Waals surface area contributed by atoms with Gasteiger partial charge >= 0.3 is 0 Å². The molecule has 2 aromatic carbocycles. The van der Waals surface area contributed by atoms with Crippen LogP contribution in [-0.4, -0.2) is 16.6 Å². The van der Waals surface area contributed by atoms with E-state index in [1.807, 2.05) is 49.4 Å². The normalized spacial score (nSPS) is 16.7. The van der Waals surface area contributed by atoms with Gasteiger partial charge in [-0.2, -0.15) is 0 Å². The lowest BCUT2D eigenvalue weighted by molar-refractivity contribution is -0.110. The van der Waals surface area contributed by atoms with E-state index < -0.39 is 0 Å². The molecule has 1 unspecified atom stereocenters. The predicted octanol–water partition coefficient (Wildman–Crippen LogP) is 4.06. The third-order valence-corrected chi connectivity index (χ3v) is 4.80. The quantitative estimate of drug-likeness (QED) is 0.784. The molecule has 120 valence electrons. The molecule has 4 rings (SSSR count). The van der Waals surface area contributed by atoms with Crippen LogP contribution in [-0.2, 0) is 9.63 Å². The molecule has 6 heteroatoms. The summed E-state index contributed by atoms with van der Waals surface area (Å²) in [5.74, 6) is -0.260. The molecule has 0 radical (unpaired) electrons. The molecular weight excluding hydrogens is 322 g/mol. The van der Waals surface area contributed by atoms with Crippen LogP contribution in [0.1, 0.15) is 23.7 Å². The van der Waals surface area contributed by atoms with Crippen molar-refractivity contribution in [2.75, 3.05) is 5.32 Å². The van der Waals surface area contributed by atoms with Crippen LogP contribution in [0.4, 0.5) is 5.13 Å². The van der Waals surface area contributed by atoms with E-state index in [9.17, 15) is 4.79 Å². The number of nitrogens with one attached hydrogen (secondary N) is 1. The van der Waals surface area contributed by atoms with Crippen molar-refractivity contribution < 1.29 is 9.63 Å². The molecule has 1 N–H and O–H groups in total. The molecule has 5 nitrogen and oxygen atoms in total. The fraction of sp³-hybridized carbons (Fsp3) is 0.167. The molecule has 1 atom stereocenters. The number of thiazole rings is 1. The Morgan fingerprint density at radius 3 is 2.92 bits per heavy atom. The third-order valence-electron chi connectivity index (χ3n) is 3.87. The number of amides is 1. The summed E-state index contributed by atoms with van der Waals surface area (Å²) in [6.07, 6.45) is 0.254. The van der Waals surface area contributed by atoms with Crippen molar-refractivity contribution in [1.82, 2.24) is 4.98 Å². The monoisotopic (exact) mass is 337 g/mol. The minimum absolute atomic E-state index is 0.204. The zero-order chi connectivity index (χ0) is 16.5. The third kappa shape index (κ3) is 2.88. The van der Waals surface area contributed by atoms with Gasteiger partial charge in [-0.25, -0.2) is 4.98 Å². The van der Waals surface area contributed by atoms with Gasteiger partial charge in [-0.1, -0.05) is 52.9 Å². The first-order valence-electron chi connectivity index (χ1n) is 7.65. The Balaban J connectivity index is 1.46. The molecule has 3 aromatic rings. The molecule has 0 fully saturated rings. The Labute approximate surface area is 143 Å². The fourth-order valence-electron chi connectivity index (χ4n) is 2.61. The highest BCUT2D eigenvalue weighted by Gasteiger charge is 2.27. The van der Waals surface area contributed by atoms with Crippen molar-refractivity contribution in [2.24, 2.45) is 5.16 Å². The summed E-state index contributed by atoms with van der Waals surface area (Å²) in [6.45, 7) is 2.03. The van der Waals surface area contributed by atoms with Crippen LogP contribution in [0, 0.1) is 6.92 Å². The average molecular weight is 337 g/mol. The van der Waals surface area contributed by atoms with Crippen molar-refractivity contribution in [3.8, 4) is 0 Å². The Morgan fingerprint density at radius 2 is 2.08 bits per heavy atom. The maximum absolute atomic E-state index is 12.4. The molecule has 1 aliphatic heterocycles. The fourth-order valence-corrected chi connectivity index (χ4v) is 3.57. The Hall–Kier alpha value is -2.73. The summed E-state index contributed by atoms with van der Waals surface area (Å²) in [6, 6.07) is 15.8. The van der Waals surface area contributed by atoms with Gasteiger partial charge in [0.2, 0.25) is 0 Å². The number of anilines is 1. The van der Waals surface area contributed by atoms with E-state index in [-0.39, 0.29) is 12.0 Å². The second kappa shape index (κ2) is 6.05.